The van der Waals surface area contributed by atoms with Gasteiger partial charge in [0, 0.05) is 18.1 Å². The third kappa shape index (κ3) is 3.29. The number of benzene rings is 1. The Morgan fingerprint density at radius 3 is 2.50 bits per heavy atom. The number of ether oxygens (including phenoxy) is 1. The van der Waals surface area contributed by atoms with E-state index in [1.165, 1.54) is 11.1 Å². The molecule has 0 radical (unpaired) electrons. The summed E-state index contributed by atoms with van der Waals surface area (Å²) >= 11 is 0. The second kappa shape index (κ2) is 6.53. The molecular formula is C18H26O2. The lowest BCUT2D eigenvalue weighted by atomic mass is 9.85. The van der Waals surface area contributed by atoms with Crippen molar-refractivity contribution in [3.8, 4) is 0 Å². The zero-order chi connectivity index (χ0) is 14.7. The maximum atomic E-state index is 12.7. The highest BCUT2D eigenvalue weighted by atomic mass is 16.5. The van der Waals surface area contributed by atoms with E-state index in [2.05, 4.69) is 39.8 Å². The minimum absolute atomic E-state index is 0.0474. The van der Waals surface area contributed by atoms with Crippen molar-refractivity contribution in [2.45, 2.75) is 52.4 Å². The Morgan fingerprint density at radius 1 is 1.20 bits per heavy atom. The molecule has 1 aliphatic rings. The number of rotatable bonds is 4. The van der Waals surface area contributed by atoms with Gasteiger partial charge in [0.15, 0.2) is 5.78 Å². The van der Waals surface area contributed by atoms with Crippen LogP contribution in [-0.4, -0.2) is 19.0 Å². The summed E-state index contributed by atoms with van der Waals surface area (Å²) in [6.07, 6.45) is 1.96. The molecule has 2 nitrogen and oxygen atoms in total. The predicted molar refractivity (Wildman–Crippen MR) is 82.5 cm³/mol. The van der Waals surface area contributed by atoms with Crippen molar-refractivity contribution in [2.24, 2.45) is 5.92 Å². The van der Waals surface area contributed by atoms with Crippen LogP contribution in [0.1, 0.15) is 73.9 Å². The minimum Gasteiger partial charge on any atom is -0.381 e. The zero-order valence-electron chi connectivity index (χ0n) is 13.1. The van der Waals surface area contributed by atoms with Gasteiger partial charge in [0.25, 0.3) is 0 Å². The number of Topliss-reactive ketones (excluding diaryl/α,β-unsaturated/α-hetero) is 1. The second-order valence-corrected chi connectivity index (χ2v) is 6.43. The van der Waals surface area contributed by atoms with Gasteiger partial charge in [-0.2, -0.15) is 0 Å². The van der Waals surface area contributed by atoms with Gasteiger partial charge in [-0.15, -0.1) is 0 Å². The molecule has 1 atom stereocenters. The summed E-state index contributed by atoms with van der Waals surface area (Å²) in [6, 6.07) is 6.35. The molecule has 1 aromatic carbocycles. The third-order valence-electron chi connectivity index (χ3n) is 4.16. The molecule has 0 spiro atoms. The normalized spacial score (nSPS) is 19.6. The third-order valence-corrected chi connectivity index (χ3v) is 4.16. The van der Waals surface area contributed by atoms with Crippen LogP contribution in [-0.2, 0) is 4.74 Å². The van der Waals surface area contributed by atoms with Crippen molar-refractivity contribution in [1.82, 2.24) is 0 Å². The van der Waals surface area contributed by atoms with E-state index in [-0.39, 0.29) is 11.7 Å². The van der Waals surface area contributed by atoms with Crippen molar-refractivity contribution < 1.29 is 9.53 Å². The van der Waals surface area contributed by atoms with E-state index < -0.39 is 0 Å². The van der Waals surface area contributed by atoms with Gasteiger partial charge in [-0.1, -0.05) is 45.9 Å². The van der Waals surface area contributed by atoms with Crippen molar-refractivity contribution in [1.29, 1.82) is 0 Å². The molecule has 2 rings (SSSR count). The Kier molecular flexibility index (Phi) is 4.98. The monoisotopic (exact) mass is 274 g/mol. The smallest absolute Gasteiger partial charge is 0.168 e. The Labute approximate surface area is 122 Å². The molecule has 1 heterocycles. The molecule has 0 amide bonds. The first-order valence-corrected chi connectivity index (χ1v) is 7.76. The molecule has 1 aromatic rings. The summed E-state index contributed by atoms with van der Waals surface area (Å²) in [5.74, 6) is 1.18. The lowest BCUT2D eigenvalue weighted by molar-refractivity contribution is 0.0460. The SMILES string of the molecule is CC(C)c1ccc(C(=O)C2CCCOC2)c(C(C)C)c1. The lowest BCUT2D eigenvalue weighted by Gasteiger charge is -2.23. The Hall–Kier alpha value is -1.15. The van der Waals surface area contributed by atoms with E-state index in [4.69, 9.17) is 4.74 Å². The van der Waals surface area contributed by atoms with Gasteiger partial charge in [-0.3, -0.25) is 4.79 Å². The van der Waals surface area contributed by atoms with Crippen molar-refractivity contribution in [3.05, 3.63) is 34.9 Å². The van der Waals surface area contributed by atoms with Crippen LogP contribution in [0.15, 0.2) is 18.2 Å². The molecule has 2 heteroatoms. The van der Waals surface area contributed by atoms with Gasteiger partial charge < -0.3 is 4.74 Å². The Bertz CT molecular complexity index is 468. The number of carbonyl (C=O) groups excluding carboxylic acids is 1. The highest BCUT2D eigenvalue weighted by Gasteiger charge is 2.25. The van der Waals surface area contributed by atoms with Gasteiger partial charge >= 0.3 is 0 Å². The standard InChI is InChI=1S/C18H26O2/c1-12(2)14-7-8-16(17(10-14)13(3)4)18(19)15-6-5-9-20-11-15/h7-8,10,12-13,15H,5-6,9,11H2,1-4H3. The quantitative estimate of drug-likeness (QED) is 0.753. The van der Waals surface area contributed by atoms with Crippen LogP contribution in [0.2, 0.25) is 0 Å². The summed E-state index contributed by atoms with van der Waals surface area (Å²) in [4.78, 5) is 12.7. The molecule has 0 bridgehead atoms. The molecule has 1 saturated heterocycles. The maximum absolute atomic E-state index is 12.7. The van der Waals surface area contributed by atoms with Crippen LogP contribution >= 0.6 is 0 Å². The molecule has 1 unspecified atom stereocenters. The highest BCUT2D eigenvalue weighted by molar-refractivity contribution is 5.99. The van der Waals surface area contributed by atoms with Gasteiger partial charge in [0.05, 0.1) is 6.61 Å². The maximum Gasteiger partial charge on any atom is 0.168 e. The molecule has 1 aliphatic heterocycles. The van der Waals surface area contributed by atoms with E-state index in [1.807, 2.05) is 6.07 Å². The fourth-order valence-corrected chi connectivity index (χ4v) is 2.81. The average molecular weight is 274 g/mol. The largest absolute Gasteiger partial charge is 0.381 e. The summed E-state index contributed by atoms with van der Waals surface area (Å²) < 4.78 is 5.47. The molecule has 0 saturated carbocycles. The summed E-state index contributed by atoms with van der Waals surface area (Å²) in [5.41, 5.74) is 3.40. The van der Waals surface area contributed by atoms with E-state index in [1.54, 1.807) is 0 Å². The highest BCUT2D eigenvalue weighted by Crippen LogP contribution is 2.28. The number of carbonyl (C=O) groups is 1. The number of hydrogen-bond acceptors (Lipinski definition) is 2. The fourth-order valence-electron chi connectivity index (χ4n) is 2.81. The van der Waals surface area contributed by atoms with Gasteiger partial charge in [0.2, 0.25) is 0 Å². The van der Waals surface area contributed by atoms with Crippen LogP contribution in [0.25, 0.3) is 0 Å². The molecular weight excluding hydrogens is 248 g/mol. The Balaban J connectivity index is 2.32. The average Bonchev–Trinajstić information content (AvgIpc) is 2.46. The predicted octanol–water partition coefficient (Wildman–Crippen LogP) is 4.54. The molecule has 0 N–H and O–H groups in total. The van der Waals surface area contributed by atoms with Crippen molar-refractivity contribution in [3.63, 3.8) is 0 Å². The minimum atomic E-state index is 0.0474. The zero-order valence-corrected chi connectivity index (χ0v) is 13.1. The molecule has 0 aliphatic carbocycles. The van der Waals surface area contributed by atoms with E-state index in [9.17, 15) is 4.79 Å². The summed E-state index contributed by atoms with van der Waals surface area (Å²) in [5, 5.41) is 0. The van der Waals surface area contributed by atoms with Gasteiger partial charge in [0.1, 0.15) is 0 Å². The molecule has 1 fully saturated rings. The van der Waals surface area contributed by atoms with Crippen molar-refractivity contribution in [2.75, 3.05) is 13.2 Å². The van der Waals surface area contributed by atoms with Gasteiger partial charge in [-0.05, 0) is 35.8 Å². The molecule has 20 heavy (non-hydrogen) atoms. The van der Waals surface area contributed by atoms with Crippen molar-refractivity contribution >= 4 is 5.78 Å². The summed E-state index contributed by atoms with van der Waals surface area (Å²) in [7, 11) is 0. The van der Waals surface area contributed by atoms with E-state index >= 15 is 0 Å². The second-order valence-electron chi connectivity index (χ2n) is 6.43. The first kappa shape index (κ1) is 15.2. The van der Waals surface area contributed by atoms with Gasteiger partial charge in [-0.25, -0.2) is 0 Å². The van der Waals surface area contributed by atoms with Crippen LogP contribution in [0.3, 0.4) is 0 Å². The van der Waals surface area contributed by atoms with Crippen LogP contribution < -0.4 is 0 Å². The lowest BCUT2D eigenvalue weighted by Crippen LogP contribution is -2.26. The number of ketones is 1. The van der Waals surface area contributed by atoms with Crippen LogP contribution in [0, 0.1) is 5.92 Å². The number of hydrogen-bond donors (Lipinski definition) is 0. The Morgan fingerprint density at radius 2 is 1.95 bits per heavy atom. The van der Waals surface area contributed by atoms with E-state index in [0.29, 0.717) is 18.4 Å². The topological polar surface area (TPSA) is 26.3 Å². The van der Waals surface area contributed by atoms with Crippen LogP contribution in [0.4, 0.5) is 0 Å². The summed E-state index contributed by atoms with van der Waals surface area (Å²) in [6.45, 7) is 10.1. The van der Waals surface area contributed by atoms with E-state index in [0.717, 1.165) is 25.0 Å². The molecule has 110 valence electrons. The first-order valence-electron chi connectivity index (χ1n) is 7.76. The fraction of sp³-hybridized carbons (Fsp3) is 0.611. The molecule has 0 aromatic heterocycles. The first-order chi connectivity index (χ1) is 9.50. The van der Waals surface area contributed by atoms with Crippen LogP contribution in [0.5, 0.6) is 0 Å².